The van der Waals surface area contributed by atoms with E-state index in [-0.39, 0.29) is 11.6 Å². The van der Waals surface area contributed by atoms with Crippen LogP contribution in [0.3, 0.4) is 0 Å². The van der Waals surface area contributed by atoms with E-state index in [1.54, 1.807) is 6.92 Å². The molecule has 0 unspecified atom stereocenters. The number of carbonyl (C=O) groups excluding carboxylic acids is 1. The highest BCUT2D eigenvalue weighted by Gasteiger charge is 2.33. The van der Waals surface area contributed by atoms with Gasteiger partial charge in [-0.25, -0.2) is 0 Å². The lowest BCUT2D eigenvalue weighted by Gasteiger charge is -2.11. The van der Waals surface area contributed by atoms with Crippen LogP contribution in [-0.2, 0) is 11.0 Å². The Morgan fingerprint density at radius 2 is 2.14 bits per heavy atom. The minimum atomic E-state index is -4.60. The summed E-state index contributed by atoms with van der Waals surface area (Å²) < 4.78 is 47.8. The fraction of sp³-hybridized carbons (Fsp3) is 0.231. The number of amides is 1. The number of benzene rings is 1. The third kappa shape index (κ3) is 4.14. The van der Waals surface area contributed by atoms with Crippen molar-refractivity contribution in [2.45, 2.75) is 13.1 Å². The van der Waals surface area contributed by atoms with Gasteiger partial charge in [-0.05, 0) is 30.3 Å². The Balaban J connectivity index is 1.99. The molecular formula is C13H10ClF3N2O3. The molecule has 0 bridgehead atoms. The number of alkyl halides is 3. The lowest BCUT2D eigenvalue weighted by Crippen LogP contribution is -2.20. The van der Waals surface area contributed by atoms with E-state index in [4.69, 9.17) is 20.9 Å². The van der Waals surface area contributed by atoms with Gasteiger partial charge < -0.3 is 14.6 Å². The van der Waals surface area contributed by atoms with Gasteiger partial charge in [0.15, 0.2) is 6.61 Å². The van der Waals surface area contributed by atoms with Crippen molar-refractivity contribution in [1.29, 1.82) is 0 Å². The van der Waals surface area contributed by atoms with Crippen molar-refractivity contribution in [3.63, 3.8) is 0 Å². The van der Waals surface area contributed by atoms with Crippen LogP contribution in [0.5, 0.6) is 5.88 Å². The molecule has 0 aliphatic carbocycles. The molecule has 1 amide bonds. The summed E-state index contributed by atoms with van der Waals surface area (Å²) in [4.78, 5) is 11.6. The van der Waals surface area contributed by atoms with Crippen molar-refractivity contribution < 1.29 is 27.2 Å². The summed E-state index contributed by atoms with van der Waals surface area (Å²) in [6.07, 6.45) is -4.60. The minimum absolute atomic E-state index is 0.0401. The second-order valence-electron chi connectivity index (χ2n) is 4.31. The van der Waals surface area contributed by atoms with Gasteiger partial charge in [0.05, 0.1) is 10.6 Å². The fourth-order valence-electron chi connectivity index (χ4n) is 1.57. The van der Waals surface area contributed by atoms with Gasteiger partial charge in [0.2, 0.25) is 0 Å². The molecule has 9 heteroatoms. The maximum absolute atomic E-state index is 12.7. The van der Waals surface area contributed by atoms with E-state index in [1.165, 1.54) is 12.1 Å². The van der Waals surface area contributed by atoms with E-state index in [2.05, 4.69) is 10.5 Å². The number of ether oxygens (including phenoxy) is 1. The van der Waals surface area contributed by atoms with Crippen LogP contribution in [0.4, 0.5) is 18.9 Å². The third-order valence-corrected chi connectivity index (χ3v) is 2.84. The molecule has 0 fully saturated rings. The van der Waals surface area contributed by atoms with Crippen molar-refractivity contribution in [1.82, 2.24) is 5.16 Å². The van der Waals surface area contributed by atoms with E-state index in [0.717, 1.165) is 12.1 Å². The van der Waals surface area contributed by atoms with Gasteiger partial charge in [0.1, 0.15) is 5.76 Å². The normalized spacial score (nSPS) is 11.3. The molecule has 0 saturated heterocycles. The Morgan fingerprint density at radius 3 is 2.73 bits per heavy atom. The van der Waals surface area contributed by atoms with E-state index < -0.39 is 29.3 Å². The molecule has 0 spiro atoms. The number of aryl methyl sites for hydroxylation is 1. The molecule has 0 atom stereocenters. The Kier molecular flexibility index (Phi) is 4.60. The monoisotopic (exact) mass is 334 g/mol. The number of anilines is 1. The molecule has 1 aromatic heterocycles. The van der Waals surface area contributed by atoms with Gasteiger partial charge in [-0.1, -0.05) is 11.6 Å². The van der Waals surface area contributed by atoms with Crippen LogP contribution < -0.4 is 10.1 Å². The summed E-state index contributed by atoms with van der Waals surface area (Å²) in [5.74, 6) is -0.0289. The zero-order valence-electron chi connectivity index (χ0n) is 11.2. The SMILES string of the molecule is Cc1cc(OCC(=O)Nc2ccc(Cl)c(C(F)(F)F)c2)no1. The lowest BCUT2D eigenvalue weighted by atomic mass is 10.2. The number of halogens is 4. The molecule has 0 saturated carbocycles. The minimum Gasteiger partial charge on any atom is -0.465 e. The highest BCUT2D eigenvalue weighted by atomic mass is 35.5. The molecule has 0 radical (unpaired) electrons. The first-order valence-electron chi connectivity index (χ1n) is 5.98. The smallest absolute Gasteiger partial charge is 0.417 e. The highest BCUT2D eigenvalue weighted by molar-refractivity contribution is 6.31. The number of aromatic nitrogens is 1. The van der Waals surface area contributed by atoms with Crippen LogP contribution >= 0.6 is 11.6 Å². The maximum atomic E-state index is 12.7. The molecule has 118 valence electrons. The van der Waals surface area contributed by atoms with Crippen molar-refractivity contribution in [2.24, 2.45) is 0 Å². The quantitative estimate of drug-likeness (QED) is 0.926. The van der Waals surface area contributed by atoms with Gasteiger partial charge in [-0.3, -0.25) is 4.79 Å². The maximum Gasteiger partial charge on any atom is 0.417 e. The average molecular weight is 335 g/mol. The zero-order valence-corrected chi connectivity index (χ0v) is 12.0. The van der Waals surface area contributed by atoms with Crippen molar-refractivity contribution in [3.05, 3.63) is 40.6 Å². The van der Waals surface area contributed by atoms with Crippen LogP contribution in [-0.4, -0.2) is 17.7 Å². The molecule has 2 rings (SSSR count). The van der Waals surface area contributed by atoms with Crippen molar-refractivity contribution in [2.75, 3.05) is 11.9 Å². The van der Waals surface area contributed by atoms with Gasteiger partial charge >= 0.3 is 6.18 Å². The summed E-state index contributed by atoms with van der Waals surface area (Å²) in [6.45, 7) is 1.22. The second-order valence-corrected chi connectivity index (χ2v) is 4.71. The lowest BCUT2D eigenvalue weighted by molar-refractivity contribution is -0.137. The average Bonchev–Trinajstić information content (AvgIpc) is 2.83. The van der Waals surface area contributed by atoms with Crippen LogP contribution in [0.1, 0.15) is 11.3 Å². The summed E-state index contributed by atoms with van der Waals surface area (Å²) in [5, 5.41) is 5.34. The van der Waals surface area contributed by atoms with Crippen LogP contribution in [0.25, 0.3) is 0 Å². The summed E-state index contributed by atoms with van der Waals surface area (Å²) >= 11 is 5.48. The largest absolute Gasteiger partial charge is 0.465 e. The van der Waals surface area contributed by atoms with E-state index in [1.807, 2.05) is 0 Å². The number of nitrogens with one attached hydrogen (secondary N) is 1. The van der Waals surface area contributed by atoms with E-state index in [0.29, 0.717) is 5.76 Å². The van der Waals surface area contributed by atoms with Crippen molar-refractivity contribution in [3.8, 4) is 5.88 Å². The number of hydrogen-bond acceptors (Lipinski definition) is 4. The first-order valence-corrected chi connectivity index (χ1v) is 6.36. The second kappa shape index (κ2) is 6.27. The fourth-order valence-corrected chi connectivity index (χ4v) is 1.79. The van der Waals surface area contributed by atoms with Gasteiger partial charge in [0.25, 0.3) is 11.8 Å². The van der Waals surface area contributed by atoms with Gasteiger partial charge in [-0.15, -0.1) is 0 Å². The molecule has 1 heterocycles. The summed E-state index contributed by atoms with van der Waals surface area (Å²) in [5.41, 5.74) is -1.07. The standard InChI is InChI=1S/C13H10ClF3N2O3/c1-7-4-12(19-22-7)21-6-11(20)18-8-2-3-10(14)9(5-8)13(15,16)17/h2-5H,6H2,1H3,(H,18,20). The first kappa shape index (κ1) is 16.2. The molecule has 0 aliphatic heterocycles. The number of nitrogens with zero attached hydrogens (tertiary/aromatic N) is 1. The van der Waals surface area contributed by atoms with Crippen LogP contribution in [0, 0.1) is 6.92 Å². The van der Waals surface area contributed by atoms with E-state index >= 15 is 0 Å². The van der Waals surface area contributed by atoms with Crippen molar-refractivity contribution >= 4 is 23.2 Å². The predicted octanol–water partition coefficient (Wildman–Crippen LogP) is 3.67. The van der Waals surface area contributed by atoms with Gasteiger partial charge in [0, 0.05) is 11.8 Å². The molecule has 22 heavy (non-hydrogen) atoms. The summed E-state index contributed by atoms with van der Waals surface area (Å²) in [6, 6.07) is 4.54. The molecule has 0 aliphatic rings. The van der Waals surface area contributed by atoms with Gasteiger partial charge in [-0.2, -0.15) is 13.2 Å². The molecule has 1 N–H and O–H groups in total. The number of rotatable bonds is 4. The molecule has 2 aromatic rings. The topological polar surface area (TPSA) is 64.4 Å². The third-order valence-electron chi connectivity index (χ3n) is 2.51. The Hall–Kier alpha value is -2.22. The Morgan fingerprint density at radius 1 is 1.41 bits per heavy atom. The summed E-state index contributed by atoms with van der Waals surface area (Å²) in [7, 11) is 0. The highest BCUT2D eigenvalue weighted by Crippen LogP contribution is 2.36. The molecule has 1 aromatic carbocycles. The Bertz CT molecular complexity index is 685. The van der Waals surface area contributed by atoms with Crippen LogP contribution in [0.2, 0.25) is 5.02 Å². The first-order chi connectivity index (χ1) is 10.3. The number of hydrogen-bond donors (Lipinski definition) is 1. The molecule has 5 nitrogen and oxygen atoms in total. The predicted molar refractivity (Wildman–Crippen MR) is 71.8 cm³/mol. The zero-order chi connectivity index (χ0) is 16.3. The van der Waals surface area contributed by atoms with Crippen LogP contribution in [0.15, 0.2) is 28.8 Å². The Labute approximate surface area is 128 Å². The number of carbonyl (C=O) groups is 1. The molecular weight excluding hydrogens is 325 g/mol. The van der Waals surface area contributed by atoms with E-state index in [9.17, 15) is 18.0 Å².